The van der Waals surface area contributed by atoms with Crippen molar-refractivity contribution < 1.29 is 13.2 Å². The Kier molecular flexibility index (Phi) is 8.41. The third kappa shape index (κ3) is 6.61. The van der Waals surface area contributed by atoms with Crippen LogP contribution in [-0.2, 0) is 12.6 Å². The number of alkyl halides is 3. The number of anilines is 1. The molecule has 0 aliphatic heterocycles. The van der Waals surface area contributed by atoms with E-state index in [-0.39, 0.29) is 6.04 Å². The van der Waals surface area contributed by atoms with Crippen molar-refractivity contribution in [2.45, 2.75) is 103 Å². The molecule has 5 heteroatoms. The monoisotopic (exact) mass is 420 g/mol. The molecule has 2 aromatic rings. The average molecular weight is 421 g/mol. The first-order valence-corrected chi connectivity index (χ1v) is 11.7. The molecular weight excluding hydrogens is 385 g/mol. The molecule has 1 aromatic heterocycles. The van der Waals surface area contributed by atoms with E-state index >= 15 is 0 Å². The van der Waals surface area contributed by atoms with Crippen LogP contribution in [0, 0.1) is 0 Å². The zero-order valence-electron chi connectivity index (χ0n) is 18.2. The Balaban J connectivity index is 1.73. The molecule has 3 rings (SSSR count). The fraction of sp³-hybridized carbons (Fsp3) is 0.640. The summed E-state index contributed by atoms with van der Waals surface area (Å²) in [6, 6.07) is 7.20. The van der Waals surface area contributed by atoms with Crippen LogP contribution in [0.25, 0.3) is 10.9 Å². The summed E-state index contributed by atoms with van der Waals surface area (Å²) < 4.78 is 40.1. The summed E-state index contributed by atoms with van der Waals surface area (Å²) in [5, 5.41) is 4.23. The van der Waals surface area contributed by atoms with E-state index in [0.717, 1.165) is 43.9 Å². The molecule has 0 saturated heterocycles. The van der Waals surface area contributed by atoms with E-state index in [9.17, 15) is 13.2 Å². The molecule has 1 aromatic carbocycles. The molecule has 166 valence electrons. The molecule has 1 heterocycles. The molecule has 0 spiro atoms. The SMILES string of the molecule is CCCCCCCCCc1ccc2nc(C(F)(F)F)cc(NC3CCCCC3)c2c1. The Morgan fingerprint density at radius 2 is 1.63 bits per heavy atom. The van der Waals surface area contributed by atoms with Crippen molar-refractivity contribution in [2.75, 3.05) is 5.32 Å². The third-order valence-electron chi connectivity index (χ3n) is 6.20. The number of unbranched alkanes of at least 4 members (excludes halogenated alkanes) is 6. The topological polar surface area (TPSA) is 24.9 Å². The summed E-state index contributed by atoms with van der Waals surface area (Å²) in [7, 11) is 0. The van der Waals surface area contributed by atoms with Crippen molar-refractivity contribution in [1.29, 1.82) is 0 Å². The van der Waals surface area contributed by atoms with E-state index < -0.39 is 11.9 Å². The van der Waals surface area contributed by atoms with Gasteiger partial charge < -0.3 is 5.32 Å². The second kappa shape index (κ2) is 11.0. The lowest BCUT2D eigenvalue weighted by molar-refractivity contribution is -0.140. The zero-order chi connectivity index (χ0) is 21.4. The highest BCUT2D eigenvalue weighted by atomic mass is 19.4. The Bertz CT molecular complexity index is 795. The fourth-order valence-electron chi connectivity index (χ4n) is 4.45. The first-order chi connectivity index (χ1) is 14.5. The molecule has 1 fully saturated rings. The van der Waals surface area contributed by atoms with E-state index in [1.807, 2.05) is 12.1 Å². The van der Waals surface area contributed by atoms with Gasteiger partial charge in [-0.15, -0.1) is 0 Å². The van der Waals surface area contributed by atoms with Crippen LogP contribution in [0.2, 0.25) is 0 Å². The van der Waals surface area contributed by atoms with E-state index in [2.05, 4.69) is 17.2 Å². The maximum absolute atomic E-state index is 13.4. The van der Waals surface area contributed by atoms with Crippen molar-refractivity contribution in [3.05, 3.63) is 35.5 Å². The van der Waals surface area contributed by atoms with Gasteiger partial charge in [0.15, 0.2) is 0 Å². The van der Waals surface area contributed by atoms with E-state index in [4.69, 9.17) is 0 Å². The number of aromatic nitrogens is 1. The predicted octanol–water partition coefficient (Wildman–Crippen LogP) is 8.29. The van der Waals surface area contributed by atoms with Crippen molar-refractivity contribution in [2.24, 2.45) is 0 Å². The number of halogens is 3. The van der Waals surface area contributed by atoms with Crippen LogP contribution in [0.5, 0.6) is 0 Å². The van der Waals surface area contributed by atoms with E-state index in [0.29, 0.717) is 11.2 Å². The summed E-state index contributed by atoms with van der Waals surface area (Å²) in [6.07, 6.45) is 10.8. The molecule has 30 heavy (non-hydrogen) atoms. The highest BCUT2D eigenvalue weighted by molar-refractivity contribution is 5.92. The van der Waals surface area contributed by atoms with Gasteiger partial charge in [0, 0.05) is 17.1 Å². The number of hydrogen-bond donors (Lipinski definition) is 1. The number of nitrogens with one attached hydrogen (secondary N) is 1. The van der Waals surface area contributed by atoms with Crippen LogP contribution in [0.3, 0.4) is 0 Å². The first-order valence-electron chi connectivity index (χ1n) is 11.7. The van der Waals surface area contributed by atoms with Crippen LogP contribution in [0.4, 0.5) is 18.9 Å². The molecule has 2 nitrogen and oxygen atoms in total. The average Bonchev–Trinajstić information content (AvgIpc) is 2.73. The van der Waals surface area contributed by atoms with Gasteiger partial charge in [-0.05, 0) is 49.4 Å². The molecule has 1 saturated carbocycles. The van der Waals surface area contributed by atoms with E-state index in [1.54, 1.807) is 6.07 Å². The van der Waals surface area contributed by atoms with Gasteiger partial charge in [-0.2, -0.15) is 13.2 Å². The summed E-state index contributed by atoms with van der Waals surface area (Å²) in [6.45, 7) is 2.23. The minimum Gasteiger partial charge on any atom is -0.382 e. The largest absolute Gasteiger partial charge is 0.433 e. The highest BCUT2D eigenvalue weighted by Gasteiger charge is 2.33. The van der Waals surface area contributed by atoms with Crippen LogP contribution >= 0.6 is 0 Å². The van der Waals surface area contributed by atoms with Crippen LogP contribution in [0.15, 0.2) is 24.3 Å². The molecular formula is C25H35F3N2. The molecule has 0 atom stereocenters. The summed E-state index contributed by atoms with van der Waals surface area (Å²) >= 11 is 0. The molecule has 1 N–H and O–H groups in total. The minimum absolute atomic E-state index is 0.247. The molecule has 0 radical (unpaired) electrons. The fourth-order valence-corrected chi connectivity index (χ4v) is 4.45. The second-order valence-electron chi connectivity index (χ2n) is 8.75. The number of benzene rings is 1. The van der Waals surface area contributed by atoms with Gasteiger partial charge in [-0.25, -0.2) is 4.98 Å². The zero-order valence-corrected chi connectivity index (χ0v) is 18.2. The summed E-state index contributed by atoms with van der Waals surface area (Å²) in [5.74, 6) is 0. The molecule has 1 aliphatic carbocycles. The van der Waals surface area contributed by atoms with Crippen molar-refractivity contribution in [1.82, 2.24) is 4.98 Å². The number of pyridine rings is 1. The Hall–Kier alpha value is -1.78. The Labute approximate surface area is 178 Å². The van der Waals surface area contributed by atoms with Gasteiger partial charge in [0.25, 0.3) is 0 Å². The second-order valence-corrected chi connectivity index (χ2v) is 8.75. The van der Waals surface area contributed by atoms with Crippen LogP contribution in [0.1, 0.15) is 95.2 Å². The van der Waals surface area contributed by atoms with Crippen LogP contribution in [-0.4, -0.2) is 11.0 Å². The van der Waals surface area contributed by atoms with Gasteiger partial charge in [-0.1, -0.05) is 70.8 Å². The summed E-state index contributed by atoms with van der Waals surface area (Å²) in [5.41, 5.74) is 1.38. The number of nitrogens with zero attached hydrogens (tertiary/aromatic N) is 1. The lowest BCUT2D eigenvalue weighted by Crippen LogP contribution is -2.23. The standard InChI is InChI=1S/C25H35F3N2/c1-2-3-4-5-6-7-9-12-19-15-16-22-21(17-19)23(18-24(30-22)25(26,27)28)29-20-13-10-8-11-14-20/h15-18,20H,2-14H2,1H3,(H,29,30). The Morgan fingerprint density at radius 3 is 2.33 bits per heavy atom. The van der Waals surface area contributed by atoms with E-state index in [1.165, 1.54) is 56.6 Å². The molecule has 1 aliphatic rings. The number of hydrogen-bond acceptors (Lipinski definition) is 2. The molecule has 0 amide bonds. The number of aryl methyl sites for hydroxylation is 1. The normalized spacial score (nSPS) is 15.6. The van der Waals surface area contributed by atoms with Crippen molar-refractivity contribution in [3.8, 4) is 0 Å². The van der Waals surface area contributed by atoms with Crippen molar-refractivity contribution in [3.63, 3.8) is 0 Å². The minimum atomic E-state index is -4.44. The molecule has 0 unspecified atom stereocenters. The molecule has 0 bridgehead atoms. The van der Waals surface area contributed by atoms with Gasteiger partial charge in [0.2, 0.25) is 0 Å². The van der Waals surface area contributed by atoms with Crippen LogP contribution < -0.4 is 5.32 Å². The van der Waals surface area contributed by atoms with Gasteiger partial charge in [0.1, 0.15) is 5.69 Å². The van der Waals surface area contributed by atoms with Gasteiger partial charge >= 0.3 is 6.18 Å². The Morgan fingerprint density at radius 1 is 0.933 bits per heavy atom. The lowest BCUT2D eigenvalue weighted by atomic mass is 9.95. The van der Waals surface area contributed by atoms with Gasteiger partial charge in [0.05, 0.1) is 5.52 Å². The first kappa shape index (κ1) is 22.9. The highest BCUT2D eigenvalue weighted by Crippen LogP contribution is 2.35. The summed E-state index contributed by atoms with van der Waals surface area (Å²) in [4.78, 5) is 3.91. The number of rotatable bonds is 10. The number of fused-ring (bicyclic) bond motifs is 1. The maximum atomic E-state index is 13.4. The lowest BCUT2D eigenvalue weighted by Gasteiger charge is -2.25. The quantitative estimate of drug-likeness (QED) is 0.391. The smallest absolute Gasteiger partial charge is 0.382 e. The van der Waals surface area contributed by atoms with Crippen molar-refractivity contribution >= 4 is 16.6 Å². The third-order valence-corrected chi connectivity index (χ3v) is 6.20. The predicted molar refractivity (Wildman–Crippen MR) is 119 cm³/mol. The maximum Gasteiger partial charge on any atom is 0.433 e. The van der Waals surface area contributed by atoms with Gasteiger partial charge in [-0.3, -0.25) is 0 Å².